The largest absolute Gasteiger partial charge is 0.410 e. The number of halogens is 1. The van der Waals surface area contributed by atoms with Crippen LogP contribution in [0.4, 0.5) is 0 Å². The van der Waals surface area contributed by atoms with Crippen molar-refractivity contribution in [3.8, 4) is 0 Å². The summed E-state index contributed by atoms with van der Waals surface area (Å²) < 4.78 is 5.24. The molecular formula is C9H8ClNO2. The molecule has 0 unspecified atom stereocenters. The van der Waals surface area contributed by atoms with Crippen LogP contribution in [-0.4, -0.2) is 10.4 Å². The molecule has 13 heavy (non-hydrogen) atoms. The van der Waals surface area contributed by atoms with Gasteiger partial charge in [-0.25, -0.2) is 0 Å². The van der Waals surface area contributed by atoms with E-state index < -0.39 is 0 Å². The summed E-state index contributed by atoms with van der Waals surface area (Å²) in [7, 11) is 0. The van der Waals surface area contributed by atoms with Gasteiger partial charge in [-0.3, -0.25) is 0 Å². The Morgan fingerprint density at radius 1 is 1.38 bits per heavy atom. The van der Waals surface area contributed by atoms with Crippen molar-refractivity contribution in [2.75, 3.05) is 0 Å². The Morgan fingerprint density at radius 2 is 2.15 bits per heavy atom. The van der Waals surface area contributed by atoms with Crippen LogP contribution in [-0.2, 0) is 18.0 Å². The van der Waals surface area contributed by atoms with Crippen molar-refractivity contribution in [3.05, 3.63) is 34.9 Å². The van der Waals surface area contributed by atoms with E-state index in [-0.39, 0.29) is 5.17 Å². The van der Waals surface area contributed by atoms with Gasteiger partial charge in [-0.1, -0.05) is 28.9 Å². The van der Waals surface area contributed by atoms with Gasteiger partial charge in [0.2, 0.25) is 0 Å². The second kappa shape index (κ2) is 3.36. The van der Waals surface area contributed by atoms with E-state index in [1.807, 2.05) is 18.2 Å². The molecule has 1 aromatic carbocycles. The van der Waals surface area contributed by atoms with Crippen molar-refractivity contribution in [2.45, 2.75) is 13.2 Å². The summed E-state index contributed by atoms with van der Waals surface area (Å²) in [4.78, 5) is 0. The van der Waals surface area contributed by atoms with Crippen LogP contribution in [0.3, 0.4) is 0 Å². The Morgan fingerprint density at radius 3 is 2.92 bits per heavy atom. The SMILES string of the molecule is O/N=C(\Cl)c1ccc2c(c1)COC2. The van der Waals surface area contributed by atoms with Crippen molar-refractivity contribution in [2.24, 2.45) is 5.16 Å². The third-order valence-corrected chi connectivity index (χ3v) is 2.34. The highest BCUT2D eigenvalue weighted by molar-refractivity contribution is 6.69. The fourth-order valence-corrected chi connectivity index (χ4v) is 1.48. The van der Waals surface area contributed by atoms with Gasteiger partial charge in [-0.15, -0.1) is 0 Å². The molecule has 1 aliphatic heterocycles. The highest BCUT2D eigenvalue weighted by Gasteiger charge is 2.12. The molecule has 68 valence electrons. The van der Waals surface area contributed by atoms with E-state index >= 15 is 0 Å². The minimum absolute atomic E-state index is 0.106. The fraction of sp³-hybridized carbons (Fsp3) is 0.222. The van der Waals surface area contributed by atoms with Crippen LogP contribution in [0.25, 0.3) is 0 Å². The summed E-state index contributed by atoms with van der Waals surface area (Å²) in [5.41, 5.74) is 3.00. The van der Waals surface area contributed by atoms with E-state index in [4.69, 9.17) is 21.5 Å². The number of hydrogen-bond acceptors (Lipinski definition) is 3. The lowest BCUT2D eigenvalue weighted by molar-refractivity contribution is 0.134. The Hall–Kier alpha value is -1.06. The van der Waals surface area contributed by atoms with Crippen LogP contribution in [0.2, 0.25) is 0 Å². The van der Waals surface area contributed by atoms with E-state index in [0.717, 1.165) is 5.56 Å². The third-order valence-electron chi connectivity index (χ3n) is 2.05. The molecule has 0 saturated carbocycles. The Labute approximate surface area is 80.6 Å². The summed E-state index contributed by atoms with van der Waals surface area (Å²) in [6.07, 6.45) is 0. The predicted octanol–water partition coefficient (Wildman–Crippen LogP) is 2.09. The maximum atomic E-state index is 8.46. The van der Waals surface area contributed by atoms with E-state index in [2.05, 4.69) is 5.16 Å². The molecule has 0 aromatic heterocycles. The molecule has 1 aliphatic rings. The number of hydrogen-bond donors (Lipinski definition) is 1. The van der Waals surface area contributed by atoms with Gasteiger partial charge in [0, 0.05) is 5.56 Å². The summed E-state index contributed by atoms with van der Waals surface area (Å²) in [5, 5.41) is 11.5. The minimum Gasteiger partial charge on any atom is -0.410 e. The average Bonchev–Trinajstić information content (AvgIpc) is 2.63. The van der Waals surface area contributed by atoms with Crippen molar-refractivity contribution in [3.63, 3.8) is 0 Å². The minimum atomic E-state index is 0.106. The first kappa shape index (κ1) is 8.53. The number of fused-ring (bicyclic) bond motifs is 1. The summed E-state index contributed by atoms with van der Waals surface area (Å²) in [6.45, 7) is 1.27. The van der Waals surface area contributed by atoms with E-state index in [1.165, 1.54) is 5.56 Å². The lowest BCUT2D eigenvalue weighted by Crippen LogP contribution is -1.93. The molecular weight excluding hydrogens is 190 g/mol. The average molecular weight is 198 g/mol. The predicted molar refractivity (Wildman–Crippen MR) is 49.1 cm³/mol. The standard InChI is InChI=1S/C9H8ClNO2/c10-9(11-12)6-1-2-7-4-13-5-8(7)3-6/h1-3,12H,4-5H2/b11-9-. The van der Waals surface area contributed by atoms with Gasteiger partial charge in [0.05, 0.1) is 13.2 Å². The fourth-order valence-electron chi connectivity index (χ4n) is 1.36. The van der Waals surface area contributed by atoms with E-state index in [9.17, 15) is 0 Å². The zero-order valence-corrected chi connectivity index (χ0v) is 7.58. The number of nitrogens with zero attached hydrogens (tertiary/aromatic N) is 1. The van der Waals surface area contributed by atoms with Crippen LogP contribution in [0.1, 0.15) is 16.7 Å². The lowest BCUT2D eigenvalue weighted by Gasteiger charge is -1.99. The second-order valence-electron chi connectivity index (χ2n) is 2.87. The highest BCUT2D eigenvalue weighted by atomic mass is 35.5. The normalized spacial score (nSPS) is 15.9. The van der Waals surface area contributed by atoms with Crippen molar-refractivity contribution in [1.82, 2.24) is 0 Å². The maximum Gasteiger partial charge on any atom is 0.175 e. The van der Waals surface area contributed by atoms with Gasteiger partial charge in [0.1, 0.15) is 0 Å². The second-order valence-corrected chi connectivity index (χ2v) is 3.23. The molecule has 1 heterocycles. The molecule has 3 nitrogen and oxygen atoms in total. The van der Waals surface area contributed by atoms with Crippen LogP contribution in [0, 0.1) is 0 Å². The van der Waals surface area contributed by atoms with Crippen LogP contribution in [0.15, 0.2) is 23.4 Å². The number of oxime groups is 1. The van der Waals surface area contributed by atoms with Gasteiger partial charge >= 0.3 is 0 Å². The van der Waals surface area contributed by atoms with Crippen LogP contribution < -0.4 is 0 Å². The Balaban J connectivity index is 2.41. The topological polar surface area (TPSA) is 41.8 Å². The highest BCUT2D eigenvalue weighted by Crippen LogP contribution is 2.21. The maximum absolute atomic E-state index is 8.46. The molecule has 0 fully saturated rings. The van der Waals surface area contributed by atoms with Gasteiger partial charge in [0.15, 0.2) is 5.17 Å². The van der Waals surface area contributed by atoms with Crippen LogP contribution in [0.5, 0.6) is 0 Å². The molecule has 0 aliphatic carbocycles. The molecule has 1 aromatic rings. The first-order valence-electron chi connectivity index (χ1n) is 3.89. The summed E-state index contributed by atoms with van der Waals surface area (Å²) >= 11 is 5.65. The third kappa shape index (κ3) is 1.53. The van der Waals surface area contributed by atoms with E-state index in [1.54, 1.807) is 0 Å². The van der Waals surface area contributed by atoms with Crippen LogP contribution >= 0.6 is 11.6 Å². The van der Waals surface area contributed by atoms with Gasteiger partial charge in [-0.2, -0.15) is 0 Å². The van der Waals surface area contributed by atoms with Gasteiger partial charge < -0.3 is 9.94 Å². The molecule has 0 saturated heterocycles. The molecule has 0 radical (unpaired) electrons. The monoisotopic (exact) mass is 197 g/mol. The van der Waals surface area contributed by atoms with Crippen molar-refractivity contribution in [1.29, 1.82) is 0 Å². The van der Waals surface area contributed by atoms with E-state index in [0.29, 0.717) is 18.8 Å². The summed E-state index contributed by atoms with van der Waals surface area (Å²) in [6, 6.07) is 5.63. The molecule has 0 spiro atoms. The lowest BCUT2D eigenvalue weighted by atomic mass is 10.1. The van der Waals surface area contributed by atoms with Gasteiger partial charge in [-0.05, 0) is 17.2 Å². The number of ether oxygens (including phenoxy) is 1. The molecule has 0 bridgehead atoms. The zero-order chi connectivity index (χ0) is 9.26. The number of benzene rings is 1. The smallest absolute Gasteiger partial charge is 0.175 e. The summed E-state index contributed by atoms with van der Waals surface area (Å²) in [5.74, 6) is 0. The van der Waals surface area contributed by atoms with Crippen molar-refractivity contribution >= 4 is 16.8 Å². The quantitative estimate of drug-likeness (QED) is 0.426. The first-order chi connectivity index (χ1) is 6.31. The molecule has 4 heteroatoms. The first-order valence-corrected chi connectivity index (χ1v) is 4.26. The number of rotatable bonds is 1. The molecule has 0 amide bonds. The Kier molecular flexibility index (Phi) is 2.20. The van der Waals surface area contributed by atoms with Gasteiger partial charge in [0.25, 0.3) is 0 Å². The Bertz CT molecular complexity index is 363. The van der Waals surface area contributed by atoms with Crippen molar-refractivity contribution < 1.29 is 9.94 Å². The zero-order valence-electron chi connectivity index (χ0n) is 6.83. The molecule has 2 rings (SSSR count). The molecule has 0 atom stereocenters. The molecule has 1 N–H and O–H groups in total.